The number of aryl methyl sites for hydroxylation is 2. The number of nitrogens with zero attached hydrogens (tertiary/aromatic N) is 5. The lowest BCUT2D eigenvalue weighted by Gasteiger charge is -2.23. The van der Waals surface area contributed by atoms with Crippen molar-refractivity contribution in [3.05, 3.63) is 68.0 Å². The van der Waals surface area contributed by atoms with Crippen LogP contribution in [0.4, 0.5) is 11.4 Å². The minimum absolute atomic E-state index is 0.0675. The maximum absolute atomic E-state index is 11.2. The summed E-state index contributed by atoms with van der Waals surface area (Å²) >= 11 is 7.69. The Morgan fingerprint density at radius 3 is 2.85 bits per heavy atom. The molecule has 1 aromatic carbocycles. The van der Waals surface area contributed by atoms with Crippen molar-refractivity contribution >= 4 is 46.1 Å². The van der Waals surface area contributed by atoms with Crippen molar-refractivity contribution in [2.24, 2.45) is 0 Å². The molecule has 132 valence electrons. The lowest BCUT2D eigenvalue weighted by atomic mass is 10.1. The fourth-order valence-electron chi connectivity index (χ4n) is 3.02. The van der Waals surface area contributed by atoms with Crippen LogP contribution in [-0.4, -0.2) is 25.4 Å². The molecular formula is C17H14ClN5O2S. The highest BCUT2D eigenvalue weighted by molar-refractivity contribution is 8.02. The third-order valence-electron chi connectivity index (χ3n) is 4.25. The molecule has 3 heterocycles. The third-order valence-corrected chi connectivity index (χ3v) is 5.24. The second-order valence-corrected chi connectivity index (χ2v) is 7.14. The number of anilines is 1. The van der Waals surface area contributed by atoms with Gasteiger partial charge in [0.05, 0.1) is 27.9 Å². The molecule has 3 aromatic rings. The number of non-ortho nitro benzene ring substituents is 1. The highest BCUT2D eigenvalue weighted by Gasteiger charge is 2.27. The fraction of sp³-hybridized carbons (Fsp3) is 0.176. The highest BCUT2D eigenvalue weighted by atomic mass is 35.5. The molecular weight excluding hydrogens is 374 g/mol. The van der Waals surface area contributed by atoms with Gasteiger partial charge >= 0.3 is 0 Å². The Morgan fingerprint density at radius 1 is 1.27 bits per heavy atom. The van der Waals surface area contributed by atoms with Gasteiger partial charge in [0.25, 0.3) is 5.69 Å². The van der Waals surface area contributed by atoms with E-state index in [0.717, 1.165) is 28.3 Å². The summed E-state index contributed by atoms with van der Waals surface area (Å²) in [5.41, 5.74) is 5.08. The molecule has 7 nitrogen and oxygen atoms in total. The second-order valence-electron chi connectivity index (χ2n) is 5.93. The first-order valence-electron chi connectivity index (χ1n) is 7.82. The number of hydrogen-bond acceptors (Lipinski definition) is 6. The number of imidazole rings is 1. The largest absolute Gasteiger partial charge is 0.329 e. The second kappa shape index (κ2) is 6.30. The molecule has 0 saturated heterocycles. The predicted octanol–water partition coefficient (Wildman–Crippen LogP) is 4.42. The molecule has 0 atom stereocenters. The van der Waals surface area contributed by atoms with Crippen LogP contribution < -0.4 is 4.90 Å². The Labute approximate surface area is 158 Å². The SMILES string of the molecule is Cc1ccc([N+](=O)[O-])cc1N1CSC=C1c1c(C)nc2ccc(Cl)nn12. The maximum Gasteiger partial charge on any atom is 0.271 e. The van der Waals surface area contributed by atoms with Gasteiger partial charge in [0.1, 0.15) is 10.8 Å². The Morgan fingerprint density at radius 2 is 2.08 bits per heavy atom. The number of nitro groups is 1. The predicted molar refractivity (Wildman–Crippen MR) is 103 cm³/mol. The van der Waals surface area contributed by atoms with Gasteiger partial charge in [-0.3, -0.25) is 10.1 Å². The first kappa shape index (κ1) is 16.9. The normalized spacial score (nSPS) is 14.1. The van der Waals surface area contributed by atoms with Crippen molar-refractivity contribution in [2.75, 3.05) is 10.8 Å². The summed E-state index contributed by atoms with van der Waals surface area (Å²) in [5, 5.41) is 18.0. The van der Waals surface area contributed by atoms with Crippen LogP contribution in [-0.2, 0) is 0 Å². The summed E-state index contributed by atoms with van der Waals surface area (Å²) in [6.07, 6.45) is 0. The van der Waals surface area contributed by atoms with Crippen molar-refractivity contribution < 1.29 is 4.92 Å². The number of rotatable bonds is 3. The molecule has 0 fully saturated rings. The van der Waals surface area contributed by atoms with Crippen molar-refractivity contribution in [1.29, 1.82) is 0 Å². The van der Waals surface area contributed by atoms with Crippen LogP contribution in [0.3, 0.4) is 0 Å². The van der Waals surface area contributed by atoms with E-state index in [2.05, 4.69) is 10.1 Å². The van der Waals surface area contributed by atoms with Gasteiger partial charge in [-0.2, -0.15) is 5.10 Å². The van der Waals surface area contributed by atoms with Crippen molar-refractivity contribution in [2.45, 2.75) is 13.8 Å². The van der Waals surface area contributed by atoms with E-state index in [0.29, 0.717) is 16.7 Å². The molecule has 1 aliphatic heterocycles. The smallest absolute Gasteiger partial charge is 0.271 e. The van der Waals surface area contributed by atoms with E-state index < -0.39 is 0 Å². The zero-order valence-electron chi connectivity index (χ0n) is 14.0. The molecule has 0 aliphatic carbocycles. The first-order valence-corrected chi connectivity index (χ1v) is 9.25. The van der Waals surface area contributed by atoms with Gasteiger partial charge in [0.2, 0.25) is 0 Å². The van der Waals surface area contributed by atoms with E-state index in [9.17, 15) is 10.1 Å². The van der Waals surface area contributed by atoms with Crippen LogP contribution in [0.25, 0.3) is 11.3 Å². The molecule has 0 N–H and O–H groups in total. The lowest BCUT2D eigenvalue weighted by Crippen LogP contribution is -2.20. The number of aromatic nitrogens is 3. The average Bonchev–Trinajstić information content (AvgIpc) is 3.18. The van der Waals surface area contributed by atoms with Gasteiger partial charge in [0, 0.05) is 12.1 Å². The van der Waals surface area contributed by atoms with Gasteiger partial charge < -0.3 is 4.90 Å². The molecule has 0 saturated carbocycles. The Hall–Kier alpha value is -2.58. The van der Waals surface area contributed by atoms with Crippen LogP contribution in [0.15, 0.2) is 35.7 Å². The number of benzene rings is 1. The zero-order chi connectivity index (χ0) is 18.4. The van der Waals surface area contributed by atoms with Crippen molar-refractivity contribution in [3.8, 4) is 0 Å². The summed E-state index contributed by atoms with van der Waals surface area (Å²) in [6, 6.07) is 8.41. The lowest BCUT2D eigenvalue weighted by molar-refractivity contribution is -0.384. The van der Waals surface area contributed by atoms with Crippen LogP contribution in [0.2, 0.25) is 5.15 Å². The number of halogens is 1. The maximum atomic E-state index is 11.2. The quantitative estimate of drug-likeness (QED) is 0.489. The van der Waals surface area contributed by atoms with Crippen molar-refractivity contribution in [3.63, 3.8) is 0 Å². The molecule has 9 heteroatoms. The molecule has 1 aliphatic rings. The Balaban J connectivity index is 1.86. The van der Waals surface area contributed by atoms with Crippen molar-refractivity contribution in [1.82, 2.24) is 14.6 Å². The molecule has 0 bridgehead atoms. The molecule has 0 amide bonds. The number of nitro benzene ring substituents is 1. The van der Waals surface area contributed by atoms with E-state index in [4.69, 9.17) is 11.6 Å². The van der Waals surface area contributed by atoms with E-state index in [-0.39, 0.29) is 10.6 Å². The third kappa shape index (κ3) is 2.71. The van der Waals surface area contributed by atoms with E-state index in [1.165, 1.54) is 6.07 Å². The topological polar surface area (TPSA) is 76.6 Å². The molecule has 0 radical (unpaired) electrons. The molecule has 0 spiro atoms. The van der Waals surface area contributed by atoms with Gasteiger partial charge in [-0.25, -0.2) is 9.50 Å². The van der Waals surface area contributed by atoms with Crippen LogP contribution in [0, 0.1) is 24.0 Å². The molecule has 26 heavy (non-hydrogen) atoms. The standard InChI is InChI=1S/C17H14ClN5O2S/c1-10-3-4-12(23(24)25)7-13(10)21-9-26-8-14(21)17-11(2)19-16-6-5-15(18)20-22(16)17/h3-8H,9H2,1-2H3. The zero-order valence-corrected chi connectivity index (χ0v) is 15.6. The fourth-order valence-corrected chi connectivity index (χ4v) is 4.06. The number of hydrogen-bond donors (Lipinski definition) is 0. The van der Waals surface area contributed by atoms with E-state index in [1.807, 2.05) is 30.2 Å². The van der Waals surface area contributed by atoms with E-state index >= 15 is 0 Å². The van der Waals surface area contributed by atoms with Crippen LogP contribution in [0.5, 0.6) is 0 Å². The minimum Gasteiger partial charge on any atom is -0.329 e. The van der Waals surface area contributed by atoms with Crippen LogP contribution in [0.1, 0.15) is 17.0 Å². The monoisotopic (exact) mass is 387 g/mol. The number of fused-ring (bicyclic) bond motifs is 1. The average molecular weight is 388 g/mol. The summed E-state index contributed by atoms with van der Waals surface area (Å²) in [6.45, 7) is 3.86. The highest BCUT2D eigenvalue weighted by Crippen LogP contribution is 2.39. The summed E-state index contributed by atoms with van der Waals surface area (Å²) in [4.78, 5) is 17.4. The minimum atomic E-state index is -0.379. The van der Waals surface area contributed by atoms with Gasteiger partial charge in [-0.15, -0.1) is 11.8 Å². The Kier molecular flexibility index (Phi) is 4.08. The summed E-state index contributed by atoms with van der Waals surface area (Å²) in [7, 11) is 0. The first-order chi connectivity index (χ1) is 12.5. The van der Waals surface area contributed by atoms with E-state index in [1.54, 1.807) is 34.5 Å². The van der Waals surface area contributed by atoms with Gasteiger partial charge in [0.15, 0.2) is 5.65 Å². The summed E-state index contributed by atoms with van der Waals surface area (Å²) in [5.74, 6) is 0.657. The van der Waals surface area contributed by atoms with Crippen LogP contribution >= 0.6 is 23.4 Å². The summed E-state index contributed by atoms with van der Waals surface area (Å²) < 4.78 is 1.72. The van der Waals surface area contributed by atoms with Gasteiger partial charge in [-0.05, 0) is 37.0 Å². The number of thioether (sulfide) groups is 1. The van der Waals surface area contributed by atoms with Gasteiger partial charge in [-0.1, -0.05) is 17.7 Å². The Bertz CT molecular complexity index is 1080. The molecule has 0 unspecified atom stereocenters. The molecule has 2 aromatic heterocycles. The molecule has 4 rings (SSSR count).